The molecule has 5 N–H and O–H groups in total. The monoisotopic (exact) mass is 405 g/mol. The minimum absolute atomic E-state index is 0.194. The van der Waals surface area contributed by atoms with Crippen LogP contribution in [0, 0.1) is 17.8 Å². The summed E-state index contributed by atoms with van der Waals surface area (Å²) in [5.41, 5.74) is 7.04. The summed E-state index contributed by atoms with van der Waals surface area (Å²) in [5, 5.41) is 16.1. The standard InChI is InChI=1S/C23H39N3O3/c1-15(2)11-19(24)21(27)13-17(5)22(28)26-20(12-16(3)4)23(29)25-14-18-9-7-6-8-10-18/h6-10,15-17,19-21,27H,11-14,24H2,1-5H3,(H,25,29)(H,26,28)/t17-,19+,20+,21+/m1/s1. The second-order valence-electron chi connectivity index (χ2n) is 8.89. The molecule has 29 heavy (non-hydrogen) atoms. The van der Waals surface area contributed by atoms with Gasteiger partial charge in [0.25, 0.3) is 0 Å². The van der Waals surface area contributed by atoms with Crippen LogP contribution in [0.2, 0.25) is 0 Å². The largest absolute Gasteiger partial charge is 0.391 e. The van der Waals surface area contributed by atoms with Gasteiger partial charge in [-0.2, -0.15) is 0 Å². The second-order valence-corrected chi connectivity index (χ2v) is 8.89. The maximum absolute atomic E-state index is 12.7. The van der Waals surface area contributed by atoms with Crippen molar-refractivity contribution in [1.29, 1.82) is 0 Å². The second kappa shape index (κ2) is 12.6. The first-order valence-electron chi connectivity index (χ1n) is 10.7. The van der Waals surface area contributed by atoms with Crippen LogP contribution in [0.15, 0.2) is 30.3 Å². The lowest BCUT2D eigenvalue weighted by Gasteiger charge is -2.25. The Bertz CT molecular complexity index is 619. The zero-order valence-corrected chi connectivity index (χ0v) is 18.5. The Balaban J connectivity index is 2.63. The summed E-state index contributed by atoms with van der Waals surface area (Å²) in [6.07, 6.45) is 0.787. The molecular formula is C23H39N3O3. The summed E-state index contributed by atoms with van der Waals surface area (Å²) < 4.78 is 0. The summed E-state index contributed by atoms with van der Waals surface area (Å²) in [6, 6.07) is 8.70. The Hall–Kier alpha value is -1.92. The van der Waals surface area contributed by atoms with Crippen LogP contribution < -0.4 is 16.4 Å². The van der Waals surface area contributed by atoms with Crippen molar-refractivity contribution in [3.05, 3.63) is 35.9 Å². The van der Waals surface area contributed by atoms with E-state index in [1.807, 2.05) is 58.0 Å². The molecule has 6 nitrogen and oxygen atoms in total. The number of rotatable bonds is 12. The van der Waals surface area contributed by atoms with Crippen LogP contribution in [0.25, 0.3) is 0 Å². The van der Waals surface area contributed by atoms with Gasteiger partial charge >= 0.3 is 0 Å². The predicted molar refractivity (Wildman–Crippen MR) is 117 cm³/mol. The fraction of sp³-hybridized carbons (Fsp3) is 0.652. The maximum atomic E-state index is 12.7. The van der Waals surface area contributed by atoms with E-state index in [-0.39, 0.29) is 30.2 Å². The van der Waals surface area contributed by atoms with E-state index in [1.165, 1.54) is 0 Å². The zero-order chi connectivity index (χ0) is 22.0. The van der Waals surface area contributed by atoms with Gasteiger partial charge in [-0.15, -0.1) is 0 Å². The van der Waals surface area contributed by atoms with Crippen molar-refractivity contribution in [2.75, 3.05) is 0 Å². The van der Waals surface area contributed by atoms with Crippen LogP contribution in [0.5, 0.6) is 0 Å². The van der Waals surface area contributed by atoms with E-state index in [4.69, 9.17) is 5.73 Å². The van der Waals surface area contributed by atoms with Gasteiger partial charge in [0, 0.05) is 18.5 Å². The highest BCUT2D eigenvalue weighted by Gasteiger charge is 2.27. The average molecular weight is 406 g/mol. The van der Waals surface area contributed by atoms with Crippen LogP contribution in [0.1, 0.15) is 59.4 Å². The number of nitrogens with two attached hydrogens (primary N) is 1. The van der Waals surface area contributed by atoms with Gasteiger partial charge in [-0.05, 0) is 36.7 Å². The molecule has 0 fully saturated rings. The van der Waals surface area contributed by atoms with Gasteiger partial charge in [0.1, 0.15) is 6.04 Å². The number of nitrogens with one attached hydrogen (secondary N) is 2. The Kier molecular flexibility index (Phi) is 10.9. The SMILES string of the molecule is CC(C)C[C@H](NC(=O)[C@H](C)C[C@H](O)[C@@H](N)CC(C)C)C(=O)NCc1ccccc1. The Morgan fingerprint density at radius 2 is 1.52 bits per heavy atom. The van der Waals surface area contributed by atoms with Gasteiger partial charge in [-0.25, -0.2) is 0 Å². The molecule has 0 saturated carbocycles. The van der Waals surface area contributed by atoms with E-state index in [2.05, 4.69) is 10.6 Å². The number of amides is 2. The van der Waals surface area contributed by atoms with Gasteiger partial charge < -0.3 is 21.5 Å². The number of aliphatic hydroxyl groups is 1. The highest BCUT2D eigenvalue weighted by atomic mass is 16.3. The number of aliphatic hydroxyl groups excluding tert-OH is 1. The molecule has 1 aromatic carbocycles. The zero-order valence-electron chi connectivity index (χ0n) is 18.5. The molecule has 0 spiro atoms. The van der Waals surface area contributed by atoms with Gasteiger partial charge in [0.2, 0.25) is 11.8 Å². The molecule has 0 bridgehead atoms. The summed E-state index contributed by atoms with van der Waals surface area (Å²) in [5.74, 6) is -0.225. The third-order valence-corrected chi connectivity index (χ3v) is 4.93. The first-order chi connectivity index (χ1) is 13.6. The first kappa shape index (κ1) is 25.1. The number of carbonyl (C=O) groups excluding carboxylic acids is 2. The summed E-state index contributed by atoms with van der Waals surface area (Å²) in [4.78, 5) is 25.3. The predicted octanol–water partition coefficient (Wildman–Crippen LogP) is 2.59. The Morgan fingerprint density at radius 1 is 0.931 bits per heavy atom. The maximum Gasteiger partial charge on any atom is 0.242 e. The van der Waals surface area contributed by atoms with Gasteiger partial charge in [0.05, 0.1) is 6.10 Å². The molecule has 2 amide bonds. The quantitative estimate of drug-likeness (QED) is 0.429. The molecule has 0 aliphatic carbocycles. The van der Waals surface area contributed by atoms with Crippen molar-refractivity contribution in [3.8, 4) is 0 Å². The van der Waals surface area contributed by atoms with Gasteiger partial charge in [-0.1, -0.05) is 65.0 Å². The molecule has 4 atom stereocenters. The Morgan fingerprint density at radius 3 is 2.07 bits per heavy atom. The van der Waals surface area contributed by atoms with Crippen molar-refractivity contribution < 1.29 is 14.7 Å². The highest BCUT2D eigenvalue weighted by molar-refractivity contribution is 5.88. The summed E-state index contributed by atoms with van der Waals surface area (Å²) in [6.45, 7) is 10.3. The van der Waals surface area contributed by atoms with E-state index in [0.29, 0.717) is 25.3 Å². The number of hydrogen-bond donors (Lipinski definition) is 4. The van der Waals surface area contributed by atoms with Crippen LogP contribution in [-0.4, -0.2) is 35.1 Å². The fourth-order valence-electron chi connectivity index (χ4n) is 3.27. The molecule has 1 aromatic rings. The molecular weight excluding hydrogens is 366 g/mol. The normalized spacial score (nSPS) is 15.6. The summed E-state index contributed by atoms with van der Waals surface area (Å²) >= 11 is 0. The minimum Gasteiger partial charge on any atom is -0.391 e. The van der Waals surface area contributed by atoms with Crippen LogP contribution in [0.4, 0.5) is 0 Å². The van der Waals surface area contributed by atoms with E-state index in [1.54, 1.807) is 6.92 Å². The van der Waals surface area contributed by atoms with Crippen LogP contribution in [-0.2, 0) is 16.1 Å². The number of hydrogen-bond acceptors (Lipinski definition) is 4. The highest BCUT2D eigenvalue weighted by Crippen LogP contribution is 2.15. The molecule has 0 unspecified atom stereocenters. The molecule has 0 heterocycles. The molecule has 164 valence electrons. The number of benzene rings is 1. The number of carbonyl (C=O) groups is 2. The fourth-order valence-corrected chi connectivity index (χ4v) is 3.27. The third kappa shape index (κ3) is 9.90. The van der Waals surface area contributed by atoms with Crippen molar-refractivity contribution in [2.24, 2.45) is 23.5 Å². The lowest BCUT2D eigenvalue weighted by atomic mass is 9.93. The van der Waals surface area contributed by atoms with Crippen molar-refractivity contribution in [2.45, 2.75) is 78.6 Å². The van der Waals surface area contributed by atoms with Crippen LogP contribution in [0.3, 0.4) is 0 Å². The van der Waals surface area contributed by atoms with E-state index >= 15 is 0 Å². The molecule has 0 saturated heterocycles. The smallest absolute Gasteiger partial charge is 0.242 e. The van der Waals surface area contributed by atoms with Crippen molar-refractivity contribution in [1.82, 2.24) is 10.6 Å². The lowest BCUT2D eigenvalue weighted by molar-refractivity contribution is -0.131. The minimum atomic E-state index is -0.742. The van der Waals surface area contributed by atoms with Crippen molar-refractivity contribution >= 4 is 11.8 Å². The third-order valence-electron chi connectivity index (χ3n) is 4.93. The lowest BCUT2D eigenvalue weighted by Crippen LogP contribution is -2.49. The van der Waals surface area contributed by atoms with Gasteiger partial charge in [0.15, 0.2) is 0 Å². The molecule has 0 aliphatic rings. The summed E-state index contributed by atoms with van der Waals surface area (Å²) in [7, 11) is 0. The first-order valence-corrected chi connectivity index (χ1v) is 10.7. The van der Waals surface area contributed by atoms with E-state index in [0.717, 1.165) is 5.56 Å². The molecule has 0 radical (unpaired) electrons. The molecule has 0 aromatic heterocycles. The van der Waals surface area contributed by atoms with Crippen LogP contribution >= 0.6 is 0 Å². The van der Waals surface area contributed by atoms with E-state index in [9.17, 15) is 14.7 Å². The Labute approximate surface area is 175 Å². The van der Waals surface area contributed by atoms with E-state index < -0.39 is 18.1 Å². The average Bonchev–Trinajstić information content (AvgIpc) is 2.65. The molecule has 1 rings (SSSR count). The topological polar surface area (TPSA) is 104 Å². The van der Waals surface area contributed by atoms with Gasteiger partial charge in [-0.3, -0.25) is 9.59 Å². The van der Waals surface area contributed by atoms with Crippen molar-refractivity contribution in [3.63, 3.8) is 0 Å². The molecule has 0 aliphatic heterocycles. The molecule has 6 heteroatoms.